The van der Waals surface area contributed by atoms with Crippen molar-refractivity contribution >= 4 is 17.3 Å². The first-order chi connectivity index (χ1) is 6.67. The van der Waals surface area contributed by atoms with Gasteiger partial charge in [0.1, 0.15) is 0 Å². The van der Waals surface area contributed by atoms with Gasteiger partial charge >= 0.3 is 0 Å². The van der Waals surface area contributed by atoms with E-state index in [4.69, 9.17) is 12.2 Å². The number of hydrogen-bond acceptors (Lipinski definition) is 1. The number of hydrogen-bond donors (Lipinski definition) is 1. The Morgan fingerprint density at radius 3 is 2.43 bits per heavy atom. The van der Waals surface area contributed by atoms with Crippen LogP contribution in [0.3, 0.4) is 0 Å². The normalized spacial score (nSPS) is 12.3. The van der Waals surface area contributed by atoms with Crippen molar-refractivity contribution in [2.45, 2.75) is 53.0 Å². The number of rotatable bonds is 6. The molecule has 0 aromatic heterocycles. The van der Waals surface area contributed by atoms with Crippen molar-refractivity contribution in [1.82, 2.24) is 10.2 Å². The van der Waals surface area contributed by atoms with Gasteiger partial charge in [0, 0.05) is 19.1 Å². The predicted molar refractivity (Wildman–Crippen MR) is 67.6 cm³/mol. The van der Waals surface area contributed by atoms with Gasteiger partial charge in [-0.25, -0.2) is 0 Å². The van der Waals surface area contributed by atoms with E-state index in [0.717, 1.165) is 24.6 Å². The van der Waals surface area contributed by atoms with Gasteiger partial charge in [0.05, 0.1) is 0 Å². The monoisotopic (exact) mass is 216 g/mol. The quantitative estimate of drug-likeness (QED) is 0.687. The van der Waals surface area contributed by atoms with E-state index < -0.39 is 0 Å². The van der Waals surface area contributed by atoms with Gasteiger partial charge in [-0.3, -0.25) is 0 Å². The summed E-state index contributed by atoms with van der Waals surface area (Å²) in [6, 6.07) is 0.549. The minimum Gasteiger partial charge on any atom is -0.363 e. The minimum atomic E-state index is 0.549. The lowest BCUT2D eigenvalue weighted by molar-refractivity contribution is 0.313. The lowest BCUT2D eigenvalue weighted by Crippen LogP contribution is -2.45. The average molecular weight is 216 g/mol. The topological polar surface area (TPSA) is 15.3 Å². The van der Waals surface area contributed by atoms with Crippen LogP contribution >= 0.6 is 12.2 Å². The Balaban J connectivity index is 4.15. The largest absolute Gasteiger partial charge is 0.363 e. The summed E-state index contributed by atoms with van der Waals surface area (Å²) in [7, 11) is 0. The summed E-state index contributed by atoms with van der Waals surface area (Å²) in [6.07, 6.45) is 3.59. The third-order valence-corrected chi connectivity index (χ3v) is 2.84. The number of thiocarbonyl (C=S) groups is 1. The Morgan fingerprint density at radius 2 is 2.00 bits per heavy atom. The summed E-state index contributed by atoms with van der Waals surface area (Å²) >= 11 is 5.35. The SMILES string of the molecule is CCCCN(C(=S)NCC)C(C)CC. The van der Waals surface area contributed by atoms with Gasteiger partial charge in [0.25, 0.3) is 0 Å². The van der Waals surface area contributed by atoms with Crippen molar-refractivity contribution in [2.24, 2.45) is 0 Å². The van der Waals surface area contributed by atoms with Crippen molar-refractivity contribution in [1.29, 1.82) is 0 Å². The fourth-order valence-electron chi connectivity index (χ4n) is 1.32. The summed E-state index contributed by atoms with van der Waals surface area (Å²) in [5.74, 6) is 0. The maximum absolute atomic E-state index is 5.35. The molecular formula is C11H24N2S. The van der Waals surface area contributed by atoms with Gasteiger partial charge in [0.2, 0.25) is 0 Å². The lowest BCUT2D eigenvalue weighted by atomic mass is 10.2. The molecule has 0 heterocycles. The van der Waals surface area contributed by atoms with Crippen LogP contribution in [0.25, 0.3) is 0 Å². The summed E-state index contributed by atoms with van der Waals surface area (Å²) < 4.78 is 0. The first-order valence-electron chi connectivity index (χ1n) is 5.71. The first kappa shape index (κ1) is 13.7. The predicted octanol–water partition coefficient (Wildman–Crippen LogP) is 2.78. The minimum absolute atomic E-state index is 0.549. The Morgan fingerprint density at radius 1 is 1.36 bits per heavy atom. The molecule has 1 atom stereocenters. The zero-order valence-electron chi connectivity index (χ0n) is 9.97. The molecule has 14 heavy (non-hydrogen) atoms. The molecule has 0 spiro atoms. The highest BCUT2D eigenvalue weighted by Gasteiger charge is 2.13. The Labute approximate surface area is 94.1 Å². The highest BCUT2D eigenvalue weighted by molar-refractivity contribution is 7.80. The van der Waals surface area contributed by atoms with E-state index in [2.05, 4.69) is 37.9 Å². The molecular weight excluding hydrogens is 192 g/mol. The van der Waals surface area contributed by atoms with Gasteiger partial charge in [-0.2, -0.15) is 0 Å². The van der Waals surface area contributed by atoms with Crippen LogP contribution in [0.15, 0.2) is 0 Å². The van der Waals surface area contributed by atoms with Gasteiger partial charge in [-0.1, -0.05) is 20.3 Å². The molecule has 0 rings (SSSR count). The third-order valence-electron chi connectivity index (χ3n) is 2.46. The molecule has 0 bridgehead atoms. The van der Waals surface area contributed by atoms with E-state index in [1.165, 1.54) is 12.8 Å². The Bertz CT molecular complexity index is 159. The number of unbranched alkanes of at least 4 members (excludes halogenated alkanes) is 1. The molecule has 0 fully saturated rings. The van der Waals surface area contributed by atoms with Crippen molar-refractivity contribution in [2.75, 3.05) is 13.1 Å². The van der Waals surface area contributed by atoms with E-state index in [-0.39, 0.29) is 0 Å². The highest BCUT2D eigenvalue weighted by atomic mass is 32.1. The summed E-state index contributed by atoms with van der Waals surface area (Å²) in [6.45, 7) is 10.7. The van der Waals surface area contributed by atoms with Gasteiger partial charge in [0.15, 0.2) is 5.11 Å². The lowest BCUT2D eigenvalue weighted by Gasteiger charge is -2.31. The van der Waals surface area contributed by atoms with Gasteiger partial charge in [-0.05, 0) is 38.9 Å². The maximum atomic E-state index is 5.35. The Hall–Kier alpha value is -0.310. The molecule has 1 unspecified atom stereocenters. The average Bonchev–Trinajstić information content (AvgIpc) is 2.18. The molecule has 1 N–H and O–H groups in total. The van der Waals surface area contributed by atoms with Crippen molar-refractivity contribution < 1.29 is 0 Å². The summed E-state index contributed by atoms with van der Waals surface area (Å²) in [5, 5.41) is 4.14. The zero-order valence-corrected chi connectivity index (χ0v) is 10.8. The van der Waals surface area contributed by atoms with Crippen molar-refractivity contribution in [3.05, 3.63) is 0 Å². The second kappa shape index (κ2) is 8.04. The molecule has 84 valence electrons. The molecule has 3 heteroatoms. The molecule has 0 aromatic carbocycles. The zero-order chi connectivity index (χ0) is 11.0. The van der Waals surface area contributed by atoms with Gasteiger partial charge in [-0.15, -0.1) is 0 Å². The smallest absolute Gasteiger partial charge is 0.169 e. The van der Waals surface area contributed by atoms with Crippen LogP contribution in [0, 0.1) is 0 Å². The summed E-state index contributed by atoms with van der Waals surface area (Å²) in [5.41, 5.74) is 0. The number of nitrogens with zero attached hydrogens (tertiary/aromatic N) is 1. The van der Waals surface area contributed by atoms with Crippen LogP contribution in [-0.2, 0) is 0 Å². The van der Waals surface area contributed by atoms with E-state index in [9.17, 15) is 0 Å². The molecule has 0 aliphatic heterocycles. The molecule has 0 aliphatic carbocycles. The molecule has 2 nitrogen and oxygen atoms in total. The van der Waals surface area contributed by atoms with Crippen LogP contribution in [0.2, 0.25) is 0 Å². The summed E-state index contributed by atoms with van der Waals surface area (Å²) in [4.78, 5) is 2.31. The molecule has 0 saturated carbocycles. The van der Waals surface area contributed by atoms with E-state index in [0.29, 0.717) is 6.04 Å². The van der Waals surface area contributed by atoms with Gasteiger partial charge < -0.3 is 10.2 Å². The third kappa shape index (κ3) is 4.80. The van der Waals surface area contributed by atoms with Crippen LogP contribution < -0.4 is 5.32 Å². The second-order valence-electron chi connectivity index (χ2n) is 3.64. The molecule has 0 aliphatic rings. The van der Waals surface area contributed by atoms with Crippen molar-refractivity contribution in [3.8, 4) is 0 Å². The van der Waals surface area contributed by atoms with E-state index >= 15 is 0 Å². The first-order valence-corrected chi connectivity index (χ1v) is 6.12. The molecule has 0 amide bonds. The number of nitrogens with one attached hydrogen (secondary N) is 1. The fourth-order valence-corrected chi connectivity index (χ4v) is 1.74. The second-order valence-corrected chi connectivity index (χ2v) is 4.03. The van der Waals surface area contributed by atoms with Crippen LogP contribution in [0.1, 0.15) is 47.0 Å². The Kier molecular flexibility index (Phi) is 7.86. The van der Waals surface area contributed by atoms with E-state index in [1.54, 1.807) is 0 Å². The fraction of sp³-hybridized carbons (Fsp3) is 0.909. The van der Waals surface area contributed by atoms with Crippen LogP contribution in [0.4, 0.5) is 0 Å². The van der Waals surface area contributed by atoms with E-state index in [1.807, 2.05) is 0 Å². The standard InChI is InChI=1S/C11H24N2S/c1-5-8-9-13(10(4)6-2)11(14)12-7-3/h10H,5-9H2,1-4H3,(H,12,14). The molecule has 0 saturated heterocycles. The van der Waals surface area contributed by atoms with Crippen LogP contribution in [0.5, 0.6) is 0 Å². The van der Waals surface area contributed by atoms with Crippen LogP contribution in [-0.4, -0.2) is 29.1 Å². The molecule has 0 radical (unpaired) electrons. The van der Waals surface area contributed by atoms with Crippen molar-refractivity contribution in [3.63, 3.8) is 0 Å². The molecule has 0 aromatic rings. The maximum Gasteiger partial charge on any atom is 0.169 e. The highest BCUT2D eigenvalue weighted by Crippen LogP contribution is 2.06.